The molecule has 2 rings (SSSR count). The second-order valence-electron chi connectivity index (χ2n) is 3.60. The summed E-state index contributed by atoms with van der Waals surface area (Å²) >= 11 is 1.57. The largest absolute Gasteiger partial charge is 0.324 e. The third-order valence-corrected chi connectivity index (χ3v) is 3.15. The first-order chi connectivity index (χ1) is 7.11. The number of rotatable bonds is 2. The fourth-order valence-corrected chi connectivity index (χ4v) is 2.46. The Morgan fingerprint density at radius 1 is 1.47 bits per heavy atom. The van der Waals surface area contributed by atoms with Gasteiger partial charge in [-0.15, -0.1) is 11.3 Å². The van der Waals surface area contributed by atoms with Crippen LogP contribution in [0, 0.1) is 13.8 Å². The molecule has 5 heteroatoms. The molecule has 0 saturated heterocycles. The van der Waals surface area contributed by atoms with E-state index in [9.17, 15) is 0 Å². The number of nitrogens with zero attached hydrogens (tertiary/aromatic N) is 3. The van der Waals surface area contributed by atoms with Crippen molar-refractivity contribution in [3.63, 3.8) is 0 Å². The Balaban J connectivity index is 2.56. The molecule has 15 heavy (non-hydrogen) atoms. The van der Waals surface area contributed by atoms with E-state index in [1.54, 1.807) is 17.5 Å². The average Bonchev–Trinajstić information content (AvgIpc) is 2.72. The second kappa shape index (κ2) is 3.75. The van der Waals surface area contributed by atoms with Gasteiger partial charge in [-0.05, 0) is 20.8 Å². The van der Waals surface area contributed by atoms with Crippen molar-refractivity contribution in [3.05, 3.63) is 28.5 Å². The van der Waals surface area contributed by atoms with Gasteiger partial charge in [0.25, 0.3) is 0 Å². The van der Waals surface area contributed by atoms with Gasteiger partial charge in [0, 0.05) is 28.9 Å². The molecule has 0 spiro atoms. The van der Waals surface area contributed by atoms with Crippen LogP contribution >= 0.6 is 11.3 Å². The molecule has 4 nitrogen and oxygen atoms in total. The molecule has 0 radical (unpaired) electrons. The summed E-state index contributed by atoms with van der Waals surface area (Å²) < 4.78 is 1.86. The summed E-state index contributed by atoms with van der Waals surface area (Å²) in [6.45, 7) is 5.99. The molecule has 0 aliphatic heterocycles. The predicted octanol–water partition coefficient (Wildman–Crippen LogP) is 1.97. The van der Waals surface area contributed by atoms with Gasteiger partial charge in [-0.2, -0.15) is 5.10 Å². The maximum absolute atomic E-state index is 5.91. The van der Waals surface area contributed by atoms with E-state index in [1.165, 1.54) is 0 Å². The zero-order valence-electron chi connectivity index (χ0n) is 9.06. The zero-order chi connectivity index (χ0) is 11.0. The van der Waals surface area contributed by atoms with Gasteiger partial charge >= 0.3 is 0 Å². The van der Waals surface area contributed by atoms with Crippen molar-refractivity contribution in [2.45, 2.75) is 26.8 Å². The van der Waals surface area contributed by atoms with Gasteiger partial charge in [-0.1, -0.05) is 0 Å². The van der Waals surface area contributed by atoms with Crippen LogP contribution in [0.2, 0.25) is 0 Å². The first-order valence-corrected chi connectivity index (χ1v) is 5.70. The van der Waals surface area contributed by atoms with Gasteiger partial charge in [-0.3, -0.25) is 0 Å². The summed E-state index contributed by atoms with van der Waals surface area (Å²) in [7, 11) is 0. The highest BCUT2D eigenvalue weighted by Gasteiger charge is 2.16. The normalized spacial score (nSPS) is 13.1. The highest BCUT2D eigenvalue weighted by Crippen LogP contribution is 2.23. The molecule has 1 atom stereocenters. The Morgan fingerprint density at radius 2 is 2.20 bits per heavy atom. The summed E-state index contributed by atoms with van der Waals surface area (Å²) in [4.78, 5) is 4.24. The van der Waals surface area contributed by atoms with Crippen LogP contribution in [-0.4, -0.2) is 14.8 Å². The third kappa shape index (κ3) is 1.68. The van der Waals surface area contributed by atoms with Gasteiger partial charge in [0.2, 0.25) is 5.13 Å². The summed E-state index contributed by atoms with van der Waals surface area (Å²) in [5.41, 5.74) is 9.09. The van der Waals surface area contributed by atoms with Crippen molar-refractivity contribution in [2.24, 2.45) is 5.73 Å². The Hall–Kier alpha value is -1.20. The first-order valence-electron chi connectivity index (χ1n) is 4.83. The highest BCUT2D eigenvalue weighted by atomic mass is 32.1. The number of hydrogen-bond donors (Lipinski definition) is 1. The molecule has 2 aromatic rings. The Morgan fingerprint density at radius 3 is 2.67 bits per heavy atom. The van der Waals surface area contributed by atoms with Crippen molar-refractivity contribution in [3.8, 4) is 5.13 Å². The minimum atomic E-state index is 0.0127. The number of nitrogens with two attached hydrogens (primary N) is 1. The van der Waals surface area contributed by atoms with Gasteiger partial charge in [-0.25, -0.2) is 9.67 Å². The molecule has 0 fully saturated rings. The maximum atomic E-state index is 5.91. The molecule has 0 saturated carbocycles. The van der Waals surface area contributed by atoms with Crippen molar-refractivity contribution >= 4 is 11.3 Å². The summed E-state index contributed by atoms with van der Waals surface area (Å²) in [6.07, 6.45) is 1.78. The van der Waals surface area contributed by atoms with Crippen LogP contribution < -0.4 is 5.73 Å². The minimum Gasteiger partial charge on any atom is -0.324 e. The Kier molecular flexibility index (Phi) is 2.58. The van der Waals surface area contributed by atoms with E-state index in [2.05, 4.69) is 10.1 Å². The third-order valence-electron chi connectivity index (χ3n) is 2.40. The molecule has 0 aromatic carbocycles. The van der Waals surface area contributed by atoms with Crippen LogP contribution in [0.25, 0.3) is 5.13 Å². The highest BCUT2D eigenvalue weighted by molar-refractivity contribution is 7.12. The zero-order valence-corrected chi connectivity index (χ0v) is 9.88. The lowest BCUT2D eigenvalue weighted by atomic mass is 10.1. The predicted molar refractivity (Wildman–Crippen MR) is 61.3 cm³/mol. The monoisotopic (exact) mass is 222 g/mol. The van der Waals surface area contributed by atoms with Crippen molar-refractivity contribution < 1.29 is 0 Å². The number of hydrogen-bond acceptors (Lipinski definition) is 4. The number of thiazole rings is 1. The molecule has 0 aliphatic carbocycles. The molecule has 2 N–H and O–H groups in total. The standard InChI is InChI=1S/C10H14N4S/c1-6(11)9-7(2)13-14(8(9)3)10-12-4-5-15-10/h4-6H,11H2,1-3H3. The van der Waals surface area contributed by atoms with E-state index in [0.717, 1.165) is 22.1 Å². The van der Waals surface area contributed by atoms with E-state index in [-0.39, 0.29) is 6.04 Å². The SMILES string of the molecule is Cc1nn(-c2nccs2)c(C)c1C(C)N. The smallest absolute Gasteiger partial charge is 0.210 e. The lowest BCUT2D eigenvalue weighted by Crippen LogP contribution is -2.07. The van der Waals surface area contributed by atoms with Crippen LogP contribution in [0.4, 0.5) is 0 Å². The minimum absolute atomic E-state index is 0.0127. The van der Waals surface area contributed by atoms with Gasteiger partial charge < -0.3 is 5.73 Å². The lowest BCUT2D eigenvalue weighted by Gasteiger charge is -2.05. The van der Waals surface area contributed by atoms with E-state index >= 15 is 0 Å². The molecule has 0 amide bonds. The molecule has 1 unspecified atom stereocenters. The summed E-state index contributed by atoms with van der Waals surface area (Å²) in [6, 6.07) is 0.0127. The van der Waals surface area contributed by atoms with Crippen LogP contribution in [0.15, 0.2) is 11.6 Å². The molecule has 2 aromatic heterocycles. The van der Waals surface area contributed by atoms with E-state index in [0.29, 0.717) is 0 Å². The van der Waals surface area contributed by atoms with Crippen molar-refractivity contribution in [1.82, 2.24) is 14.8 Å². The van der Waals surface area contributed by atoms with Crippen LogP contribution in [0.3, 0.4) is 0 Å². The Labute approximate surface area is 92.8 Å². The van der Waals surface area contributed by atoms with E-state index < -0.39 is 0 Å². The molecule has 0 bridgehead atoms. The molecule has 2 heterocycles. The first kappa shape index (κ1) is 10.3. The maximum Gasteiger partial charge on any atom is 0.210 e. The number of aryl methyl sites for hydroxylation is 1. The second-order valence-corrected chi connectivity index (χ2v) is 4.47. The van der Waals surface area contributed by atoms with Gasteiger partial charge in [0.1, 0.15) is 0 Å². The molecule has 0 aliphatic rings. The lowest BCUT2D eigenvalue weighted by molar-refractivity contribution is 0.794. The summed E-state index contributed by atoms with van der Waals surface area (Å²) in [5.74, 6) is 0. The van der Waals surface area contributed by atoms with Gasteiger partial charge in [0.15, 0.2) is 0 Å². The van der Waals surface area contributed by atoms with Crippen LogP contribution in [0.5, 0.6) is 0 Å². The van der Waals surface area contributed by atoms with E-state index in [4.69, 9.17) is 5.73 Å². The summed E-state index contributed by atoms with van der Waals surface area (Å²) in [5, 5.41) is 7.29. The number of aromatic nitrogens is 3. The average molecular weight is 222 g/mol. The van der Waals surface area contributed by atoms with Gasteiger partial charge in [0.05, 0.1) is 5.69 Å². The molecular formula is C10H14N4S. The fraction of sp³-hybridized carbons (Fsp3) is 0.400. The van der Waals surface area contributed by atoms with Crippen molar-refractivity contribution in [1.29, 1.82) is 0 Å². The molecule has 80 valence electrons. The van der Waals surface area contributed by atoms with Crippen LogP contribution in [0.1, 0.15) is 29.9 Å². The molecular weight excluding hydrogens is 208 g/mol. The van der Waals surface area contributed by atoms with E-state index in [1.807, 2.05) is 30.8 Å². The fourth-order valence-electron chi connectivity index (χ4n) is 1.82. The Bertz CT molecular complexity index is 456. The van der Waals surface area contributed by atoms with Crippen LogP contribution in [-0.2, 0) is 0 Å². The van der Waals surface area contributed by atoms with Crippen molar-refractivity contribution in [2.75, 3.05) is 0 Å². The quantitative estimate of drug-likeness (QED) is 0.845. The topological polar surface area (TPSA) is 56.7 Å².